The van der Waals surface area contributed by atoms with E-state index in [-0.39, 0.29) is 36.6 Å². The molecular weight excluding hydrogens is 420 g/mol. The van der Waals surface area contributed by atoms with E-state index in [2.05, 4.69) is 13.0 Å². The van der Waals surface area contributed by atoms with Crippen molar-refractivity contribution >= 4 is 5.97 Å². The summed E-state index contributed by atoms with van der Waals surface area (Å²) in [4.78, 5) is 12.4. The highest BCUT2D eigenvalue weighted by atomic mass is 16.6. The van der Waals surface area contributed by atoms with Crippen molar-refractivity contribution in [2.24, 2.45) is 17.8 Å². The molecule has 3 N–H and O–H groups in total. The predicted octanol–water partition coefficient (Wildman–Crippen LogP) is 4.09. The van der Waals surface area contributed by atoms with Crippen LogP contribution < -0.4 is 0 Å². The van der Waals surface area contributed by atoms with Gasteiger partial charge >= 0.3 is 5.97 Å². The number of aliphatic hydroxyl groups excluding tert-OH is 3. The van der Waals surface area contributed by atoms with Crippen molar-refractivity contribution < 1.29 is 29.6 Å². The van der Waals surface area contributed by atoms with Crippen molar-refractivity contribution in [3.8, 4) is 0 Å². The Labute approximate surface area is 199 Å². The smallest absolute Gasteiger partial charge is 0.309 e. The summed E-state index contributed by atoms with van der Waals surface area (Å²) in [7, 11) is 0. The maximum absolute atomic E-state index is 12.4. The maximum atomic E-state index is 12.4. The van der Waals surface area contributed by atoms with Crippen LogP contribution in [0.3, 0.4) is 0 Å². The van der Waals surface area contributed by atoms with Crippen molar-refractivity contribution in [3.05, 3.63) is 36.0 Å². The van der Waals surface area contributed by atoms with Crippen LogP contribution in [-0.4, -0.2) is 57.9 Å². The Balaban J connectivity index is 1.97. The Kier molecular flexibility index (Phi) is 11.3. The van der Waals surface area contributed by atoms with Crippen molar-refractivity contribution in [3.63, 3.8) is 0 Å². The number of esters is 1. The van der Waals surface area contributed by atoms with Crippen LogP contribution in [-0.2, 0) is 14.3 Å². The number of rotatable bonds is 8. The van der Waals surface area contributed by atoms with Gasteiger partial charge in [0.15, 0.2) is 0 Å². The van der Waals surface area contributed by atoms with E-state index in [0.717, 1.165) is 18.4 Å². The van der Waals surface area contributed by atoms with E-state index < -0.39 is 24.3 Å². The first kappa shape index (κ1) is 27.8. The summed E-state index contributed by atoms with van der Waals surface area (Å²) in [5.74, 6) is -0.0363. The summed E-state index contributed by atoms with van der Waals surface area (Å²) in [6.07, 6.45) is 11.3. The lowest BCUT2D eigenvalue weighted by atomic mass is 9.93. The van der Waals surface area contributed by atoms with Crippen molar-refractivity contribution in [1.29, 1.82) is 0 Å². The Morgan fingerprint density at radius 3 is 2.67 bits per heavy atom. The fraction of sp³-hybridized carbons (Fsp3) is 0.741. The lowest BCUT2D eigenvalue weighted by Crippen LogP contribution is -2.28. The molecule has 6 heteroatoms. The minimum absolute atomic E-state index is 0.0309. The van der Waals surface area contributed by atoms with Crippen LogP contribution >= 0.6 is 0 Å². The molecule has 0 aliphatic carbocycles. The Morgan fingerprint density at radius 1 is 1.24 bits per heavy atom. The number of allylic oxidation sites excluding steroid dienone is 3. The molecule has 9 atom stereocenters. The van der Waals surface area contributed by atoms with Crippen LogP contribution in [0.15, 0.2) is 36.0 Å². The van der Waals surface area contributed by atoms with E-state index in [4.69, 9.17) is 9.47 Å². The normalized spacial score (nSPS) is 34.8. The Morgan fingerprint density at radius 2 is 1.97 bits per heavy atom. The van der Waals surface area contributed by atoms with E-state index in [1.54, 1.807) is 6.08 Å². The molecule has 188 valence electrons. The molecular formula is C27H44O6. The van der Waals surface area contributed by atoms with Crippen molar-refractivity contribution in [2.75, 3.05) is 0 Å². The average molecular weight is 465 g/mol. The zero-order valence-electron chi connectivity index (χ0n) is 20.9. The second kappa shape index (κ2) is 13.4. The lowest BCUT2D eigenvalue weighted by molar-refractivity contribution is -0.151. The van der Waals surface area contributed by atoms with E-state index in [1.165, 1.54) is 0 Å². The van der Waals surface area contributed by atoms with Crippen LogP contribution in [0.1, 0.15) is 73.1 Å². The first-order valence-electron chi connectivity index (χ1n) is 12.5. The van der Waals surface area contributed by atoms with Gasteiger partial charge in [0.1, 0.15) is 6.10 Å². The van der Waals surface area contributed by atoms with Gasteiger partial charge in [-0.15, -0.1) is 0 Å². The molecule has 0 aromatic carbocycles. The van der Waals surface area contributed by atoms with Gasteiger partial charge < -0.3 is 24.8 Å². The molecule has 1 saturated heterocycles. The van der Waals surface area contributed by atoms with Gasteiger partial charge in [0.05, 0.1) is 36.9 Å². The van der Waals surface area contributed by atoms with Crippen LogP contribution in [0.2, 0.25) is 0 Å². The minimum atomic E-state index is -0.747. The van der Waals surface area contributed by atoms with Crippen LogP contribution in [0, 0.1) is 17.8 Å². The number of hydrogen-bond acceptors (Lipinski definition) is 6. The fourth-order valence-electron chi connectivity index (χ4n) is 4.50. The number of ether oxygens (including phenoxy) is 2. The number of aliphatic hydroxyl groups is 3. The molecule has 2 aliphatic heterocycles. The lowest BCUT2D eigenvalue weighted by Gasteiger charge is -2.24. The third-order valence-corrected chi connectivity index (χ3v) is 6.83. The summed E-state index contributed by atoms with van der Waals surface area (Å²) < 4.78 is 11.5. The molecule has 1 fully saturated rings. The summed E-state index contributed by atoms with van der Waals surface area (Å²) in [6, 6.07) is 0. The highest BCUT2D eigenvalue weighted by molar-refractivity contribution is 5.70. The van der Waals surface area contributed by atoms with Crippen molar-refractivity contribution in [1.82, 2.24) is 0 Å². The highest BCUT2D eigenvalue weighted by Gasteiger charge is 2.44. The fourth-order valence-corrected chi connectivity index (χ4v) is 4.50. The summed E-state index contributed by atoms with van der Waals surface area (Å²) in [6.45, 7) is 10.1. The second-order valence-electron chi connectivity index (χ2n) is 9.99. The summed E-state index contributed by atoms with van der Waals surface area (Å²) in [5, 5.41) is 30.2. The third-order valence-electron chi connectivity index (χ3n) is 6.83. The topological polar surface area (TPSA) is 99.5 Å². The van der Waals surface area contributed by atoms with Crippen LogP contribution in [0.4, 0.5) is 0 Å². The quantitative estimate of drug-likeness (QED) is 0.217. The molecule has 33 heavy (non-hydrogen) atoms. The van der Waals surface area contributed by atoms with E-state index in [1.807, 2.05) is 45.9 Å². The van der Waals surface area contributed by atoms with E-state index in [9.17, 15) is 20.1 Å². The zero-order valence-corrected chi connectivity index (χ0v) is 20.9. The molecule has 0 aromatic rings. The molecule has 0 spiro atoms. The number of carbonyl (C=O) groups is 1. The van der Waals surface area contributed by atoms with Gasteiger partial charge in [-0.2, -0.15) is 0 Å². The number of carbonyl (C=O) groups excluding carboxylic acids is 1. The maximum Gasteiger partial charge on any atom is 0.309 e. The monoisotopic (exact) mass is 464 g/mol. The van der Waals surface area contributed by atoms with Gasteiger partial charge in [0.2, 0.25) is 0 Å². The molecule has 2 rings (SSSR count). The molecule has 9 unspecified atom stereocenters. The Bertz CT molecular complexity index is 699. The van der Waals surface area contributed by atoms with Gasteiger partial charge in [-0.3, -0.25) is 4.79 Å². The van der Waals surface area contributed by atoms with E-state index >= 15 is 0 Å². The Hall–Kier alpha value is -1.47. The molecule has 0 radical (unpaired) electrons. The number of cyclic esters (lactones) is 1. The average Bonchev–Trinajstić information content (AvgIpc) is 3.52. The molecule has 2 aliphatic rings. The van der Waals surface area contributed by atoms with Gasteiger partial charge in [0, 0.05) is 11.8 Å². The molecule has 0 bridgehead atoms. The molecule has 6 nitrogen and oxygen atoms in total. The van der Waals surface area contributed by atoms with Gasteiger partial charge in [-0.25, -0.2) is 0 Å². The van der Waals surface area contributed by atoms with Crippen molar-refractivity contribution in [2.45, 2.75) is 110 Å². The molecule has 0 aromatic heterocycles. The molecule has 0 amide bonds. The van der Waals surface area contributed by atoms with E-state index in [0.29, 0.717) is 25.2 Å². The number of epoxide rings is 1. The van der Waals surface area contributed by atoms with Gasteiger partial charge in [-0.05, 0) is 50.5 Å². The van der Waals surface area contributed by atoms with Crippen LogP contribution in [0.5, 0.6) is 0 Å². The first-order chi connectivity index (χ1) is 15.6. The number of hydrogen-bond donors (Lipinski definition) is 3. The largest absolute Gasteiger partial charge is 0.457 e. The van der Waals surface area contributed by atoms with Gasteiger partial charge in [-0.1, -0.05) is 58.1 Å². The third kappa shape index (κ3) is 9.36. The standard InChI is InChI=1S/C27H44O6/c1-6-23(30)20(5)27-24(32-27)15-17(2)9-7-10-18(3)26-19(4)13-14-21(28)11-8-12-22(29)16-25(31)33-26/h7,9-10,13-14,17,19-24,26-30H,6,8,11-12,15-16H2,1-5H3. The SMILES string of the molecule is CCC(O)C(C)C1OC1CC(C)C=CC=C(C)C1OC(=O)CC(O)CCCC(O)C=CC1C. The van der Waals surface area contributed by atoms with Gasteiger partial charge in [0.25, 0.3) is 0 Å². The molecule has 0 saturated carbocycles. The minimum Gasteiger partial charge on any atom is -0.457 e. The predicted molar refractivity (Wildman–Crippen MR) is 129 cm³/mol. The van der Waals surface area contributed by atoms with Crippen LogP contribution in [0.25, 0.3) is 0 Å². The first-order valence-corrected chi connectivity index (χ1v) is 12.5. The molecule has 2 heterocycles. The summed E-state index contributed by atoms with van der Waals surface area (Å²) >= 11 is 0. The highest BCUT2D eigenvalue weighted by Crippen LogP contribution is 2.36. The summed E-state index contributed by atoms with van der Waals surface area (Å²) in [5.41, 5.74) is 0.908. The second-order valence-corrected chi connectivity index (χ2v) is 9.99. The zero-order chi connectivity index (χ0) is 24.5.